The third-order valence-electron chi connectivity index (χ3n) is 7.74. The Hall–Kier alpha value is -4.05. The van der Waals surface area contributed by atoms with Gasteiger partial charge >= 0.3 is 0 Å². The standard InChI is InChI=1S/C29H33FN6O3/c1-29(28(39)32-17-20-8-10-23(30)11-9-20)19-36-25(27(38)34(29)2)16-24(33-36)26(37)31-13-5-14-35-15-12-21-6-3-4-7-22(21)18-35/h3-4,6-11,16H,5,12-15,17-19H2,1-2H3,(H,31,37)(H,32,39). The van der Waals surface area contributed by atoms with Crippen LogP contribution in [0, 0.1) is 5.82 Å². The van der Waals surface area contributed by atoms with E-state index in [4.69, 9.17) is 0 Å². The van der Waals surface area contributed by atoms with Crippen LogP contribution in [-0.4, -0.2) is 69.5 Å². The summed E-state index contributed by atoms with van der Waals surface area (Å²) < 4.78 is 14.6. The highest BCUT2D eigenvalue weighted by Gasteiger charge is 2.46. The summed E-state index contributed by atoms with van der Waals surface area (Å²) in [6.07, 6.45) is 1.84. The van der Waals surface area contributed by atoms with Crippen molar-refractivity contribution in [1.29, 1.82) is 0 Å². The van der Waals surface area contributed by atoms with E-state index in [1.165, 1.54) is 38.9 Å². The first kappa shape index (κ1) is 26.6. The minimum Gasteiger partial charge on any atom is -0.351 e. The summed E-state index contributed by atoms with van der Waals surface area (Å²) in [5.41, 5.74) is 2.71. The number of nitrogens with zero attached hydrogens (tertiary/aromatic N) is 4. The molecule has 2 aliphatic heterocycles. The van der Waals surface area contributed by atoms with Gasteiger partial charge in [-0.3, -0.25) is 24.0 Å². The van der Waals surface area contributed by atoms with E-state index >= 15 is 0 Å². The maximum absolute atomic E-state index is 13.2. The summed E-state index contributed by atoms with van der Waals surface area (Å²) in [5, 5.41) is 10.1. The van der Waals surface area contributed by atoms with Crippen LogP contribution in [-0.2, 0) is 30.8 Å². The Kier molecular flexibility index (Phi) is 7.47. The van der Waals surface area contributed by atoms with Crippen molar-refractivity contribution in [1.82, 2.24) is 30.2 Å². The van der Waals surface area contributed by atoms with Crippen LogP contribution in [0.3, 0.4) is 0 Å². The Morgan fingerprint density at radius 1 is 1.08 bits per heavy atom. The van der Waals surface area contributed by atoms with E-state index in [1.54, 1.807) is 26.1 Å². The van der Waals surface area contributed by atoms with Gasteiger partial charge in [-0.15, -0.1) is 0 Å². The number of hydrogen-bond acceptors (Lipinski definition) is 5. The van der Waals surface area contributed by atoms with E-state index in [-0.39, 0.29) is 42.1 Å². The zero-order valence-electron chi connectivity index (χ0n) is 22.2. The van der Waals surface area contributed by atoms with Gasteiger partial charge in [0, 0.05) is 45.8 Å². The number of carbonyl (C=O) groups is 3. The Morgan fingerprint density at radius 2 is 1.82 bits per heavy atom. The fourth-order valence-electron chi connectivity index (χ4n) is 5.15. The molecule has 0 bridgehead atoms. The van der Waals surface area contributed by atoms with Crippen molar-refractivity contribution < 1.29 is 18.8 Å². The van der Waals surface area contributed by atoms with E-state index in [2.05, 4.69) is 44.9 Å². The number of likely N-dealkylation sites (N-methyl/N-ethyl adjacent to an activating group) is 1. The van der Waals surface area contributed by atoms with Gasteiger partial charge < -0.3 is 15.5 Å². The maximum atomic E-state index is 13.2. The molecule has 2 aliphatic rings. The number of fused-ring (bicyclic) bond motifs is 2. The average molecular weight is 533 g/mol. The van der Waals surface area contributed by atoms with Crippen LogP contribution in [0.4, 0.5) is 4.39 Å². The number of halogens is 1. The van der Waals surface area contributed by atoms with Gasteiger partial charge in [-0.25, -0.2) is 4.39 Å². The Balaban J connectivity index is 1.15. The first-order valence-electron chi connectivity index (χ1n) is 13.2. The summed E-state index contributed by atoms with van der Waals surface area (Å²) >= 11 is 0. The number of amides is 3. The van der Waals surface area contributed by atoms with Gasteiger partial charge in [0.25, 0.3) is 11.8 Å². The minimum atomic E-state index is -1.21. The van der Waals surface area contributed by atoms with Crippen molar-refractivity contribution >= 4 is 17.7 Å². The molecule has 5 rings (SSSR count). The molecule has 1 aromatic heterocycles. The predicted octanol–water partition coefficient (Wildman–Crippen LogP) is 2.36. The molecule has 39 heavy (non-hydrogen) atoms. The highest BCUT2D eigenvalue weighted by molar-refractivity contribution is 6.01. The maximum Gasteiger partial charge on any atom is 0.272 e. The second kappa shape index (κ2) is 11.0. The van der Waals surface area contributed by atoms with Crippen molar-refractivity contribution in [3.8, 4) is 0 Å². The van der Waals surface area contributed by atoms with Crippen LogP contribution in [0.25, 0.3) is 0 Å². The summed E-state index contributed by atoms with van der Waals surface area (Å²) in [6, 6.07) is 15.8. The molecule has 0 spiro atoms. The number of carbonyl (C=O) groups excluding carboxylic acids is 3. The molecular weight excluding hydrogens is 499 g/mol. The molecular formula is C29H33FN6O3. The summed E-state index contributed by atoms with van der Waals surface area (Å²) in [6.45, 7) is 5.26. The number of aromatic nitrogens is 2. The molecule has 2 aromatic carbocycles. The molecule has 1 atom stereocenters. The summed E-state index contributed by atoms with van der Waals surface area (Å²) in [7, 11) is 1.56. The van der Waals surface area contributed by atoms with Crippen molar-refractivity contribution in [2.24, 2.45) is 0 Å². The second-order valence-corrected chi connectivity index (χ2v) is 10.4. The molecule has 0 fully saturated rings. The molecule has 0 saturated carbocycles. The van der Waals surface area contributed by atoms with E-state index < -0.39 is 11.4 Å². The van der Waals surface area contributed by atoms with Crippen LogP contribution in [0.1, 0.15) is 51.0 Å². The van der Waals surface area contributed by atoms with Crippen LogP contribution >= 0.6 is 0 Å². The normalized spacial score (nSPS) is 18.8. The number of rotatable bonds is 8. The summed E-state index contributed by atoms with van der Waals surface area (Å²) in [5.74, 6) is -1.46. The highest BCUT2D eigenvalue weighted by Crippen LogP contribution is 2.26. The third kappa shape index (κ3) is 5.56. The topological polar surface area (TPSA) is 99.6 Å². The smallest absolute Gasteiger partial charge is 0.272 e. The van der Waals surface area contributed by atoms with E-state index in [1.807, 2.05) is 0 Å². The average Bonchev–Trinajstić information content (AvgIpc) is 3.37. The first-order chi connectivity index (χ1) is 18.7. The molecule has 10 heteroatoms. The van der Waals surface area contributed by atoms with Gasteiger partial charge in [0.2, 0.25) is 5.91 Å². The van der Waals surface area contributed by atoms with Crippen LogP contribution in [0.2, 0.25) is 0 Å². The van der Waals surface area contributed by atoms with Crippen LogP contribution in [0.5, 0.6) is 0 Å². The van der Waals surface area contributed by atoms with Crippen molar-refractivity contribution in [2.75, 3.05) is 26.7 Å². The molecule has 0 aliphatic carbocycles. The second-order valence-electron chi connectivity index (χ2n) is 10.4. The predicted molar refractivity (Wildman–Crippen MR) is 143 cm³/mol. The van der Waals surface area contributed by atoms with E-state index in [9.17, 15) is 18.8 Å². The number of benzene rings is 2. The lowest BCUT2D eigenvalue weighted by Crippen LogP contribution is -2.62. The highest BCUT2D eigenvalue weighted by atomic mass is 19.1. The molecule has 0 saturated heterocycles. The molecule has 2 N–H and O–H groups in total. The quantitative estimate of drug-likeness (QED) is 0.434. The van der Waals surface area contributed by atoms with Crippen LogP contribution in [0.15, 0.2) is 54.6 Å². The zero-order chi connectivity index (χ0) is 27.6. The van der Waals surface area contributed by atoms with E-state index in [0.29, 0.717) is 6.54 Å². The molecule has 9 nitrogen and oxygen atoms in total. The monoisotopic (exact) mass is 532 g/mol. The SMILES string of the molecule is CN1C(=O)c2cc(C(=O)NCCCN3CCc4ccccc4C3)nn2CC1(C)C(=O)NCc1ccc(F)cc1. The minimum absolute atomic E-state index is 0.101. The van der Waals surface area contributed by atoms with Gasteiger partial charge in [-0.05, 0) is 48.6 Å². The number of nitrogens with one attached hydrogen (secondary N) is 2. The van der Waals surface area contributed by atoms with Gasteiger partial charge in [0.15, 0.2) is 5.69 Å². The fourth-order valence-corrected chi connectivity index (χ4v) is 5.15. The summed E-state index contributed by atoms with van der Waals surface area (Å²) in [4.78, 5) is 42.8. The van der Waals surface area contributed by atoms with E-state index in [0.717, 1.165) is 38.0 Å². The van der Waals surface area contributed by atoms with Crippen molar-refractivity contribution in [3.63, 3.8) is 0 Å². The number of hydrogen-bond donors (Lipinski definition) is 2. The van der Waals surface area contributed by atoms with Crippen LogP contribution < -0.4 is 10.6 Å². The van der Waals surface area contributed by atoms with Crippen molar-refractivity contribution in [3.05, 3.63) is 88.5 Å². The fraction of sp³-hybridized carbons (Fsp3) is 0.379. The lowest BCUT2D eigenvalue weighted by molar-refractivity contribution is -0.132. The van der Waals surface area contributed by atoms with Gasteiger partial charge in [-0.2, -0.15) is 5.10 Å². The zero-order valence-corrected chi connectivity index (χ0v) is 22.2. The Morgan fingerprint density at radius 3 is 2.59 bits per heavy atom. The Bertz CT molecular complexity index is 1390. The largest absolute Gasteiger partial charge is 0.351 e. The molecule has 204 valence electrons. The lowest BCUT2D eigenvalue weighted by Gasteiger charge is -2.40. The Labute approximate surface area is 227 Å². The van der Waals surface area contributed by atoms with Gasteiger partial charge in [0.05, 0.1) is 6.54 Å². The molecule has 3 aromatic rings. The molecule has 3 amide bonds. The van der Waals surface area contributed by atoms with Gasteiger partial charge in [0.1, 0.15) is 17.1 Å². The molecule has 1 unspecified atom stereocenters. The lowest BCUT2D eigenvalue weighted by atomic mass is 9.96. The first-order valence-corrected chi connectivity index (χ1v) is 13.2. The molecule has 3 heterocycles. The van der Waals surface area contributed by atoms with Crippen molar-refractivity contribution in [2.45, 2.75) is 44.9 Å². The molecule has 0 radical (unpaired) electrons. The van der Waals surface area contributed by atoms with Gasteiger partial charge in [-0.1, -0.05) is 36.4 Å². The third-order valence-corrected chi connectivity index (χ3v) is 7.74.